The molecule has 0 radical (unpaired) electrons. The van der Waals surface area contributed by atoms with Crippen LogP contribution < -0.4 is 4.74 Å². The fourth-order valence-corrected chi connectivity index (χ4v) is 6.15. The van der Waals surface area contributed by atoms with Crippen molar-refractivity contribution in [2.24, 2.45) is 0 Å². The number of phenols is 1. The number of rotatable bonds is 5. The average molecular weight is 533 g/mol. The first-order valence-electron chi connectivity index (χ1n) is 13.0. The molecule has 6 rings (SSSR count). The van der Waals surface area contributed by atoms with Crippen LogP contribution in [0.15, 0.2) is 30.5 Å². The van der Waals surface area contributed by atoms with Crippen molar-refractivity contribution in [1.29, 1.82) is 0 Å². The summed E-state index contributed by atoms with van der Waals surface area (Å²) in [5.41, 5.74) is 0.0832. The van der Waals surface area contributed by atoms with Crippen LogP contribution >= 0.6 is 0 Å². The maximum atomic E-state index is 16.3. The van der Waals surface area contributed by atoms with Crippen LogP contribution in [0.2, 0.25) is 0 Å². The van der Waals surface area contributed by atoms with Gasteiger partial charge in [0.05, 0.1) is 16.8 Å². The zero-order valence-electron chi connectivity index (χ0n) is 21.6. The zero-order valence-corrected chi connectivity index (χ0v) is 21.6. The third-order valence-electron chi connectivity index (χ3n) is 7.92. The smallest absolute Gasteiger partial charge is 0.317 e. The van der Waals surface area contributed by atoms with Crippen molar-refractivity contribution in [3.05, 3.63) is 53.4 Å². The molecule has 2 aromatic heterocycles. The number of phenolic OH excluding ortho intramolecular Hbond substituents is 1. The second kappa shape index (κ2) is 9.38. The second-order valence-electron chi connectivity index (χ2n) is 10.8. The number of nitrogens with zero attached hydrogens (tertiary/aromatic N) is 4. The van der Waals surface area contributed by atoms with Gasteiger partial charge >= 0.3 is 6.01 Å². The van der Waals surface area contributed by atoms with E-state index in [1.165, 1.54) is 30.5 Å². The second-order valence-corrected chi connectivity index (χ2v) is 10.8. The van der Waals surface area contributed by atoms with E-state index in [1.54, 1.807) is 0 Å². The standard InChI is InChI=1S/C30H27F3N4O2/c1-4-20-23(32)7-6-17-10-19(38)11-21(24(17)20)27-25(33)28-22(13-34-27)26(16(2)3)35-29(36-28)39-15-30-8-5-9-37(30)14-18(31)12-30/h1,6-7,10-11,13,16,18,38H,5,8-9,12,14-15H2,2-3H3. The summed E-state index contributed by atoms with van der Waals surface area (Å²) in [6, 6.07) is 5.41. The Morgan fingerprint density at radius 2 is 2.08 bits per heavy atom. The Morgan fingerprint density at radius 3 is 2.85 bits per heavy atom. The molecule has 2 aliphatic rings. The van der Waals surface area contributed by atoms with Crippen LogP contribution in [-0.4, -0.2) is 56.4 Å². The fourth-order valence-electron chi connectivity index (χ4n) is 6.15. The summed E-state index contributed by atoms with van der Waals surface area (Å²) in [7, 11) is 0. The highest BCUT2D eigenvalue weighted by Gasteiger charge is 2.49. The largest absolute Gasteiger partial charge is 0.508 e. The van der Waals surface area contributed by atoms with Gasteiger partial charge in [0.1, 0.15) is 35.6 Å². The summed E-state index contributed by atoms with van der Waals surface area (Å²) >= 11 is 0. The molecule has 0 spiro atoms. The number of aromatic nitrogens is 3. The van der Waals surface area contributed by atoms with Crippen LogP contribution in [-0.2, 0) is 0 Å². The summed E-state index contributed by atoms with van der Waals surface area (Å²) in [4.78, 5) is 15.5. The minimum Gasteiger partial charge on any atom is -0.508 e. The van der Waals surface area contributed by atoms with Crippen molar-refractivity contribution >= 4 is 21.7 Å². The van der Waals surface area contributed by atoms with Gasteiger partial charge in [0.2, 0.25) is 0 Å². The Labute approximate surface area is 223 Å². The number of benzene rings is 2. The van der Waals surface area contributed by atoms with E-state index in [-0.39, 0.29) is 52.0 Å². The third kappa shape index (κ3) is 4.14. The van der Waals surface area contributed by atoms with Crippen molar-refractivity contribution in [2.75, 3.05) is 19.7 Å². The van der Waals surface area contributed by atoms with E-state index in [9.17, 15) is 13.9 Å². The van der Waals surface area contributed by atoms with E-state index in [1.807, 2.05) is 13.8 Å². The molecule has 39 heavy (non-hydrogen) atoms. The van der Waals surface area contributed by atoms with Crippen molar-refractivity contribution in [2.45, 2.75) is 50.7 Å². The lowest BCUT2D eigenvalue weighted by atomic mass is 9.95. The molecule has 200 valence electrons. The highest BCUT2D eigenvalue weighted by Crippen LogP contribution is 2.41. The number of hydrogen-bond donors (Lipinski definition) is 1. The topological polar surface area (TPSA) is 71.4 Å². The fraction of sp³-hybridized carbons (Fsp3) is 0.367. The average Bonchev–Trinajstić information content (AvgIpc) is 3.43. The first-order chi connectivity index (χ1) is 18.7. The zero-order chi connectivity index (χ0) is 27.5. The lowest BCUT2D eigenvalue weighted by Crippen LogP contribution is -2.43. The predicted octanol–water partition coefficient (Wildman–Crippen LogP) is 5.89. The molecule has 2 unspecified atom stereocenters. The molecule has 1 N–H and O–H groups in total. The van der Waals surface area contributed by atoms with Gasteiger partial charge in [0.15, 0.2) is 5.82 Å². The van der Waals surface area contributed by atoms with Gasteiger partial charge in [-0.1, -0.05) is 25.8 Å². The normalized spacial score (nSPS) is 21.1. The maximum absolute atomic E-state index is 16.3. The molecule has 4 heterocycles. The van der Waals surface area contributed by atoms with E-state index in [0.717, 1.165) is 19.4 Å². The highest BCUT2D eigenvalue weighted by atomic mass is 19.1. The first-order valence-corrected chi connectivity index (χ1v) is 13.0. The van der Waals surface area contributed by atoms with Gasteiger partial charge < -0.3 is 9.84 Å². The Hall–Kier alpha value is -3.90. The van der Waals surface area contributed by atoms with Gasteiger partial charge in [-0.2, -0.15) is 9.97 Å². The molecular weight excluding hydrogens is 505 g/mol. The maximum Gasteiger partial charge on any atom is 0.317 e. The van der Waals surface area contributed by atoms with Crippen LogP contribution in [0.1, 0.15) is 50.3 Å². The summed E-state index contributed by atoms with van der Waals surface area (Å²) in [6.45, 7) is 5.26. The molecule has 0 saturated carbocycles. The van der Waals surface area contributed by atoms with Crippen molar-refractivity contribution in [1.82, 2.24) is 19.9 Å². The minimum absolute atomic E-state index is 0.00177. The van der Waals surface area contributed by atoms with E-state index in [2.05, 4.69) is 25.8 Å². The quantitative estimate of drug-likeness (QED) is 0.323. The molecule has 2 saturated heterocycles. The van der Waals surface area contributed by atoms with Crippen LogP contribution in [0.4, 0.5) is 13.2 Å². The van der Waals surface area contributed by atoms with Gasteiger partial charge in [-0.15, -0.1) is 6.42 Å². The molecule has 2 fully saturated rings. The van der Waals surface area contributed by atoms with Crippen molar-refractivity contribution < 1.29 is 23.0 Å². The molecule has 9 heteroatoms. The summed E-state index contributed by atoms with van der Waals surface area (Å²) < 4.78 is 51.2. The van der Waals surface area contributed by atoms with E-state index in [4.69, 9.17) is 11.2 Å². The first kappa shape index (κ1) is 25.4. The number of hydrogen-bond acceptors (Lipinski definition) is 6. The number of pyridine rings is 1. The van der Waals surface area contributed by atoms with Crippen LogP contribution in [0, 0.1) is 24.0 Å². The summed E-state index contributed by atoms with van der Waals surface area (Å²) in [5.74, 6) is 0.681. The Morgan fingerprint density at radius 1 is 1.26 bits per heavy atom. The van der Waals surface area contributed by atoms with E-state index < -0.39 is 23.3 Å². The SMILES string of the molecule is C#Cc1c(F)ccc2cc(O)cc(-c3ncc4c(C(C)C)nc(OCC56CCCN5CC(F)C6)nc4c3F)c12. The number of ether oxygens (including phenoxy) is 1. The van der Waals surface area contributed by atoms with Gasteiger partial charge in [-0.3, -0.25) is 9.88 Å². The lowest BCUT2D eigenvalue weighted by molar-refractivity contribution is 0.107. The Bertz CT molecular complexity index is 1670. The van der Waals surface area contributed by atoms with Gasteiger partial charge in [-0.05, 0) is 48.9 Å². The van der Waals surface area contributed by atoms with Crippen molar-refractivity contribution in [3.63, 3.8) is 0 Å². The number of alkyl halides is 1. The van der Waals surface area contributed by atoms with Crippen molar-refractivity contribution in [3.8, 4) is 35.4 Å². The number of terminal acetylenes is 1. The van der Waals surface area contributed by atoms with Crippen LogP contribution in [0.3, 0.4) is 0 Å². The molecule has 2 aromatic carbocycles. The molecule has 2 atom stereocenters. The third-order valence-corrected chi connectivity index (χ3v) is 7.92. The number of aromatic hydroxyl groups is 1. The molecule has 6 nitrogen and oxygen atoms in total. The molecule has 4 aromatic rings. The molecule has 0 aliphatic carbocycles. The van der Waals surface area contributed by atoms with Gasteiger partial charge in [0, 0.05) is 35.5 Å². The number of halogens is 3. The highest BCUT2D eigenvalue weighted by molar-refractivity contribution is 6.02. The van der Waals surface area contributed by atoms with E-state index >= 15 is 4.39 Å². The number of fused-ring (bicyclic) bond motifs is 3. The van der Waals surface area contributed by atoms with Gasteiger partial charge in [0.25, 0.3) is 0 Å². The Kier molecular flexibility index (Phi) is 6.11. The lowest BCUT2D eigenvalue weighted by Gasteiger charge is -2.30. The molecule has 0 bridgehead atoms. The van der Waals surface area contributed by atoms with Crippen LogP contribution in [0.5, 0.6) is 11.8 Å². The Balaban J connectivity index is 1.49. The van der Waals surface area contributed by atoms with Gasteiger partial charge in [-0.25, -0.2) is 13.2 Å². The summed E-state index contributed by atoms with van der Waals surface area (Å²) in [6.07, 6.45) is 8.34. The minimum atomic E-state index is -0.904. The predicted molar refractivity (Wildman–Crippen MR) is 142 cm³/mol. The van der Waals surface area contributed by atoms with E-state index in [0.29, 0.717) is 29.4 Å². The molecular formula is C30H27F3N4O2. The monoisotopic (exact) mass is 532 g/mol. The molecule has 2 aliphatic heterocycles. The summed E-state index contributed by atoms with van der Waals surface area (Å²) in [5, 5.41) is 11.5. The van der Waals surface area contributed by atoms with Crippen LogP contribution in [0.25, 0.3) is 32.9 Å². The molecule has 0 amide bonds.